The lowest BCUT2D eigenvalue weighted by Gasteiger charge is -2.16. The van der Waals surface area contributed by atoms with Crippen LogP contribution in [0.3, 0.4) is 0 Å². The summed E-state index contributed by atoms with van der Waals surface area (Å²) < 4.78 is 64.8. The van der Waals surface area contributed by atoms with Gasteiger partial charge < -0.3 is 10.4 Å². The summed E-state index contributed by atoms with van der Waals surface area (Å²) in [6.45, 7) is 0.490. The van der Waals surface area contributed by atoms with Crippen molar-refractivity contribution in [3.8, 4) is 0 Å². The summed E-state index contributed by atoms with van der Waals surface area (Å²) in [5, 5.41) is 11.6. The van der Waals surface area contributed by atoms with Crippen molar-refractivity contribution < 1.29 is 36.7 Å². The summed E-state index contributed by atoms with van der Waals surface area (Å²) in [6, 6.07) is 6.54. The molecule has 1 atom stereocenters. The van der Waals surface area contributed by atoms with Gasteiger partial charge in [0.2, 0.25) is 0 Å². The molecule has 0 radical (unpaired) electrons. The van der Waals surface area contributed by atoms with Gasteiger partial charge in [0.05, 0.1) is 11.3 Å². The van der Waals surface area contributed by atoms with Gasteiger partial charge in [-0.3, -0.25) is 9.63 Å². The zero-order chi connectivity index (χ0) is 21.1. The largest absolute Gasteiger partial charge is 0.416 e. The molecule has 5 nitrogen and oxygen atoms in total. The van der Waals surface area contributed by atoms with Crippen LogP contribution >= 0.6 is 22.6 Å². The van der Waals surface area contributed by atoms with E-state index in [2.05, 4.69) is 32.7 Å². The highest BCUT2D eigenvalue weighted by molar-refractivity contribution is 14.1. The second kappa shape index (κ2) is 9.01. The average molecular weight is 516 g/mol. The number of halogens is 6. The molecule has 2 rings (SSSR count). The second-order valence-electron chi connectivity index (χ2n) is 5.70. The molecule has 3 N–H and O–H groups in total. The van der Waals surface area contributed by atoms with Crippen LogP contribution in [0.2, 0.25) is 0 Å². The van der Waals surface area contributed by atoms with Crippen molar-refractivity contribution in [3.63, 3.8) is 0 Å². The average Bonchev–Trinajstić information content (AvgIpc) is 2.59. The molecular weight excluding hydrogens is 502 g/mol. The Morgan fingerprint density at radius 1 is 1.18 bits per heavy atom. The van der Waals surface area contributed by atoms with Crippen LogP contribution in [0.5, 0.6) is 0 Å². The van der Waals surface area contributed by atoms with Crippen LogP contribution in [0.4, 0.5) is 33.3 Å². The number of aliphatic hydroxyl groups is 1. The van der Waals surface area contributed by atoms with Crippen LogP contribution in [0.15, 0.2) is 30.3 Å². The minimum absolute atomic E-state index is 0.124. The Bertz CT molecular complexity index is 877. The summed E-state index contributed by atoms with van der Waals surface area (Å²) in [7, 11) is 0. The molecule has 2 aromatic carbocycles. The van der Waals surface area contributed by atoms with E-state index in [0.29, 0.717) is 11.8 Å². The van der Waals surface area contributed by atoms with Gasteiger partial charge in [-0.15, -0.1) is 0 Å². The number of aliphatic hydroxyl groups excluding tert-OH is 1. The molecule has 0 bridgehead atoms. The second-order valence-corrected chi connectivity index (χ2v) is 6.94. The van der Waals surface area contributed by atoms with Crippen molar-refractivity contribution in [1.29, 1.82) is 0 Å². The number of alkyl halides is 3. The first-order chi connectivity index (χ1) is 13.0. The number of carbonyl (C=O) groups is 1. The van der Waals surface area contributed by atoms with Crippen molar-refractivity contribution in [2.75, 3.05) is 11.9 Å². The van der Waals surface area contributed by atoms with Crippen molar-refractivity contribution in [3.05, 3.63) is 56.7 Å². The number of nitrogens with one attached hydrogen (secondary N) is 2. The van der Waals surface area contributed by atoms with Gasteiger partial charge in [0, 0.05) is 15.3 Å². The van der Waals surface area contributed by atoms with E-state index in [0.717, 1.165) is 15.2 Å². The molecule has 2 aromatic rings. The van der Waals surface area contributed by atoms with E-state index in [1.54, 1.807) is 24.5 Å². The van der Waals surface area contributed by atoms with Crippen molar-refractivity contribution >= 4 is 39.9 Å². The lowest BCUT2D eigenvalue weighted by atomic mass is 10.1. The third-order valence-corrected chi connectivity index (χ3v) is 4.22. The fraction of sp³-hybridized carbons (Fsp3) is 0.235. The number of hydroxylamine groups is 1. The third-order valence-electron chi connectivity index (χ3n) is 3.55. The van der Waals surface area contributed by atoms with Crippen LogP contribution < -0.4 is 10.8 Å². The molecule has 152 valence electrons. The molecule has 0 saturated heterocycles. The number of benzene rings is 2. The topological polar surface area (TPSA) is 70.6 Å². The summed E-state index contributed by atoms with van der Waals surface area (Å²) in [5.74, 6) is -3.68. The molecule has 0 spiro atoms. The van der Waals surface area contributed by atoms with E-state index in [9.17, 15) is 26.7 Å². The molecular formula is C17H14F5IN2O3. The molecule has 0 aliphatic carbocycles. The predicted molar refractivity (Wildman–Crippen MR) is 99.0 cm³/mol. The van der Waals surface area contributed by atoms with E-state index in [1.165, 1.54) is 0 Å². The van der Waals surface area contributed by atoms with Crippen molar-refractivity contribution in [2.45, 2.75) is 19.2 Å². The molecule has 0 aliphatic heterocycles. The number of hydrogen-bond donors (Lipinski definition) is 3. The summed E-state index contributed by atoms with van der Waals surface area (Å²) in [5.41, 5.74) is 2.41. The van der Waals surface area contributed by atoms with Gasteiger partial charge in [-0.05, 0) is 59.3 Å². The molecule has 0 heterocycles. The van der Waals surface area contributed by atoms with Gasteiger partial charge in [0.25, 0.3) is 5.91 Å². The van der Waals surface area contributed by atoms with Crippen LogP contribution in [-0.4, -0.2) is 29.9 Å². The van der Waals surface area contributed by atoms with Gasteiger partial charge in [-0.2, -0.15) is 13.2 Å². The van der Waals surface area contributed by atoms with E-state index < -0.39 is 42.0 Å². The highest BCUT2D eigenvalue weighted by atomic mass is 127. The fourth-order valence-corrected chi connectivity index (χ4v) is 2.73. The molecule has 0 aromatic heterocycles. The quantitative estimate of drug-likeness (QED) is 0.306. The van der Waals surface area contributed by atoms with E-state index in [4.69, 9.17) is 5.11 Å². The molecule has 0 aliphatic rings. The van der Waals surface area contributed by atoms with Gasteiger partial charge in [0.15, 0.2) is 17.7 Å². The highest BCUT2D eigenvalue weighted by Crippen LogP contribution is 2.27. The minimum atomic E-state index is -4.93. The maximum atomic E-state index is 13.6. The van der Waals surface area contributed by atoms with Crippen LogP contribution in [0, 0.1) is 22.1 Å². The minimum Gasteiger partial charge on any atom is -0.381 e. The molecule has 0 fully saturated rings. The number of anilines is 2. The first-order valence-electron chi connectivity index (χ1n) is 7.68. The first-order valence-corrected chi connectivity index (χ1v) is 8.76. The lowest BCUT2D eigenvalue weighted by Crippen LogP contribution is -2.36. The first kappa shape index (κ1) is 22.3. The Morgan fingerprint density at radius 3 is 2.43 bits per heavy atom. The van der Waals surface area contributed by atoms with Gasteiger partial charge >= 0.3 is 6.18 Å². The van der Waals surface area contributed by atoms with Crippen LogP contribution in [0.25, 0.3) is 0 Å². The predicted octanol–water partition coefficient (Wildman–Crippen LogP) is 4.21. The van der Waals surface area contributed by atoms with E-state index in [-0.39, 0.29) is 5.69 Å². The summed E-state index contributed by atoms with van der Waals surface area (Å²) >= 11 is 2.09. The summed E-state index contributed by atoms with van der Waals surface area (Å²) in [6.07, 6.45) is -7.74. The number of rotatable bonds is 6. The highest BCUT2D eigenvalue weighted by Gasteiger charge is 2.38. The third kappa shape index (κ3) is 5.75. The Morgan fingerprint density at radius 2 is 1.82 bits per heavy atom. The Kier molecular flexibility index (Phi) is 7.17. The molecule has 1 amide bonds. The normalized spacial score (nSPS) is 12.6. The van der Waals surface area contributed by atoms with Crippen molar-refractivity contribution in [1.82, 2.24) is 5.48 Å². The van der Waals surface area contributed by atoms with E-state index in [1.807, 2.05) is 6.07 Å². The smallest absolute Gasteiger partial charge is 0.381 e. The Labute approximate surface area is 170 Å². The molecule has 0 saturated carbocycles. The zero-order valence-corrected chi connectivity index (χ0v) is 16.4. The van der Waals surface area contributed by atoms with Gasteiger partial charge in [-0.1, -0.05) is 0 Å². The zero-order valence-electron chi connectivity index (χ0n) is 14.2. The monoisotopic (exact) mass is 516 g/mol. The van der Waals surface area contributed by atoms with E-state index >= 15 is 0 Å². The lowest BCUT2D eigenvalue weighted by molar-refractivity contribution is -0.221. The number of aryl methyl sites for hydroxylation is 1. The molecule has 28 heavy (non-hydrogen) atoms. The Hall–Kier alpha value is -1.99. The van der Waals surface area contributed by atoms with Crippen LogP contribution in [-0.2, 0) is 4.84 Å². The fourth-order valence-electron chi connectivity index (χ4n) is 2.09. The summed E-state index contributed by atoms with van der Waals surface area (Å²) in [4.78, 5) is 16.5. The van der Waals surface area contributed by atoms with Gasteiger partial charge in [0.1, 0.15) is 6.61 Å². The number of amides is 1. The van der Waals surface area contributed by atoms with Crippen molar-refractivity contribution in [2.24, 2.45) is 0 Å². The molecule has 1 unspecified atom stereocenters. The Balaban J connectivity index is 2.21. The number of hydrogen-bond acceptors (Lipinski definition) is 4. The van der Waals surface area contributed by atoms with Crippen LogP contribution in [0.1, 0.15) is 15.9 Å². The SMILES string of the molecule is Cc1cc(I)ccc1Nc1cc(F)c(F)cc1C(=O)NOCC(O)C(F)(F)F. The standard InChI is InChI=1S/C17H14F5IN2O3/c1-8-4-9(23)2-3-13(8)24-14-6-12(19)11(18)5-10(14)16(27)25-28-7-15(26)17(20,21)22/h2-6,15,24,26H,7H2,1H3,(H,25,27). The molecule has 11 heteroatoms. The maximum absolute atomic E-state index is 13.6. The van der Waals surface area contributed by atoms with Gasteiger partial charge in [-0.25, -0.2) is 14.3 Å². The number of carbonyl (C=O) groups excluding carboxylic acids is 1. The maximum Gasteiger partial charge on any atom is 0.416 e.